The Balaban J connectivity index is 5.35. The number of nitrogens with zero attached hydrogens (tertiary/aromatic N) is 1. The Morgan fingerprint density at radius 2 is 0.941 bits per heavy atom. The van der Waals surface area contributed by atoms with Crippen molar-refractivity contribution in [3.8, 4) is 0 Å². The molecule has 68 heavy (non-hydrogen) atoms. The van der Waals surface area contributed by atoms with Gasteiger partial charge in [0.15, 0.2) is 0 Å². The fourth-order valence-electron chi connectivity index (χ4n) is 7.82. The topological polar surface area (TPSA) is 114 Å². The maximum absolute atomic E-state index is 13.5. The van der Waals surface area contributed by atoms with E-state index in [9.17, 15) is 19.0 Å². The smallest absolute Gasteiger partial charge is 0.306 e. The van der Waals surface area contributed by atoms with E-state index in [1.165, 1.54) is 109 Å². The first-order chi connectivity index (χ1) is 32.9. The van der Waals surface area contributed by atoms with Gasteiger partial charge in [-0.2, -0.15) is 0 Å². The lowest BCUT2D eigenvalue weighted by molar-refractivity contribution is -0.870. The van der Waals surface area contributed by atoms with Gasteiger partial charge in [0.25, 0.3) is 7.82 Å². The summed E-state index contributed by atoms with van der Waals surface area (Å²) in [5.74, 6) is -0.560. The minimum absolute atomic E-state index is 0.0267. The second kappa shape index (κ2) is 48.3. The number of unbranched alkanes of at least 4 members (excludes halogenated alkanes) is 26. The van der Waals surface area contributed by atoms with Gasteiger partial charge in [-0.1, -0.05) is 204 Å². The van der Waals surface area contributed by atoms with Gasteiger partial charge in [0.1, 0.15) is 19.3 Å². The summed E-state index contributed by atoms with van der Waals surface area (Å²) >= 11 is 0. The normalized spacial score (nSPS) is 14.3. The van der Waals surface area contributed by atoms with Crippen LogP contribution in [-0.4, -0.2) is 69.4 Å². The molecule has 396 valence electrons. The maximum Gasteiger partial charge on any atom is 0.306 e. The van der Waals surface area contributed by atoms with Gasteiger partial charge < -0.3 is 28.5 Å². The highest BCUT2D eigenvalue weighted by molar-refractivity contribution is 7.45. The van der Waals surface area contributed by atoms with Crippen LogP contribution >= 0.6 is 7.82 Å². The molecule has 0 spiro atoms. The van der Waals surface area contributed by atoms with Gasteiger partial charge in [-0.05, 0) is 89.5 Å². The number of allylic oxidation sites excluding steroid dienone is 9. The van der Waals surface area contributed by atoms with Crippen molar-refractivity contribution in [3.63, 3.8) is 0 Å². The number of nitrogens with one attached hydrogen (secondary N) is 1. The predicted octanol–water partition coefficient (Wildman–Crippen LogP) is 16.1. The van der Waals surface area contributed by atoms with E-state index in [2.05, 4.69) is 74.7 Å². The third kappa shape index (κ3) is 48.7. The quantitative estimate of drug-likeness (QED) is 0.0212. The molecule has 0 aromatic carbocycles. The van der Waals surface area contributed by atoms with Crippen LogP contribution in [-0.2, 0) is 27.9 Å². The first-order valence-corrected chi connectivity index (χ1v) is 29.6. The Morgan fingerprint density at radius 3 is 1.43 bits per heavy atom. The number of ether oxygens (including phenoxy) is 1. The van der Waals surface area contributed by atoms with Crippen LogP contribution < -0.4 is 10.2 Å². The highest BCUT2D eigenvalue weighted by atomic mass is 31.2. The number of likely N-dealkylation sites (N-methyl/N-ethyl adjacent to an activating group) is 1. The third-order valence-corrected chi connectivity index (χ3v) is 13.1. The summed E-state index contributed by atoms with van der Waals surface area (Å²) in [6.45, 7) is 6.69. The Morgan fingerprint density at radius 1 is 0.529 bits per heavy atom. The Bertz CT molecular complexity index is 1350. The lowest BCUT2D eigenvalue weighted by Gasteiger charge is -2.30. The first kappa shape index (κ1) is 65.7. The van der Waals surface area contributed by atoms with Crippen molar-refractivity contribution in [1.29, 1.82) is 0 Å². The van der Waals surface area contributed by atoms with Crippen molar-refractivity contribution in [2.75, 3.05) is 40.9 Å². The molecule has 1 N–H and O–H groups in total. The maximum atomic E-state index is 13.5. The van der Waals surface area contributed by atoms with Gasteiger partial charge in [-0.3, -0.25) is 14.2 Å². The molecular weight excluding hydrogens is 868 g/mol. The highest BCUT2D eigenvalue weighted by Gasteiger charge is 2.27. The number of carbonyl (C=O) groups is 2. The second-order valence-electron chi connectivity index (χ2n) is 20.1. The van der Waals surface area contributed by atoms with Crippen LogP contribution in [0.15, 0.2) is 60.8 Å². The molecule has 3 atom stereocenters. The Hall–Kier alpha value is -2.29. The Labute approximate surface area is 420 Å². The van der Waals surface area contributed by atoms with E-state index >= 15 is 0 Å². The van der Waals surface area contributed by atoms with E-state index in [1.54, 1.807) is 0 Å². The van der Waals surface area contributed by atoms with Crippen molar-refractivity contribution >= 4 is 19.7 Å². The molecule has 0 aliphatic carbocycles. The number of quaternary nitrogens is 1. The molecule has 0 aliphatic rings. The van der Waals surface area contributed by atoms with Crippen LogP contribution in [0.2, 0.25) is 0 Å². The van der Waals surface area contributed by atoms with Gasteiger partial charge in [0.2, 0.25) is 5.91 Å². The fraction of sp³-hybridized carbons (Fsp3) is 0.793. The summed E-state index contributed by atoms with van der Waals surface area (Å²) in [4.78, 5) is 39.8. The number of phosphoric ester groups is 1. The number of rotatable bonds is 50. The molecule has 1 amide bonds. The number of hydrogen-bond donors (Lipinski definition) is 1. The van der Waals surface area contributed by atoms with Gasteiger partial charge in [0.05, 0.1) is 33.8 Å². The summed E-state index contributed by atoms with van der Waals surface area (Å²) in [6.07, 6.45) is 58.9. The molecule has 9 nitrogen and oxygen atoms in total. The molecule has 0 radical (unpaired) electrons. The van der Waals surface area contributed by atoms with Crippen LogP contribution in [0.5, 0.6) is 0 Å². The second-order valence-corrected chi connectivity index (χ2v) is 21.5. The van der Waals surface area contributed by atoms with E-state index in [0.717, 1.165) is 103 Å². The number of esters is 1. The zero-order valence-corrected chi connectivity index (χ0v) is 45.9. The largest absolute Gasteiger partial charge is 0.756 e. The van der Waals surface area contributed by atoms with Crippen LogP contribution in [0.25, 0.3) is 0 Å². The van der Waals surface area contributed by atoms with Crippen molar-refractivity contribution in [1.82, 2.24) is 5.32 Å². The standard InChI is InChI=1S/C58H107N2O7P/c1-7-10-13-16-19-22-25-27-29-30-31-32-35-38-41-44-47-50-57(61)59-55(54-66-68(63,64)65-53-52-60(4,5)6)56(49-46-43-40-37-34-24-21-18-15-12-9-3)67-58(62)51-48-45-42-39-36-33-28-26-23-20-17-14-11-8-2/h11,14,19-20,22-23,27,29,46,49,55-56H,7-10,12-13,15-18,21,24-26,28,30-45,47-48,50-54H2,1-6H3,(H-,59,61,63,64)/b14-11+,22-19-,23-20+,29-27-,49-46+. The molecule has 0 aromatic heterocycles. The summed E-state index contributed by atoms with van der Waals surface area (Å²) in [6, 6.07) is -0.895. The van der Waals surface area contributed by atoms with Crippen molar-refractivity contribution in [2.45, 2.75) is 258 Å². The fourth-order valence-corrected chi connectivity index (χ4v) is 8.55. The van der Waals surface area contributed by atoms with Crippen molar-refractivity contribution in [2.24, 2.45) is 0 Å². The summed E-state index contributed by atoms with van der Waals surface area (Å²) in [5, 5.41) is 3.01. The first-order valence-electron chi connectivity index (χ1n) is 28.1. The van der Waals surface area contributed by atoms with E-state index < -0.39 is 26.6 Å². The minimum atomic E-state index is -4.70. The highest BCUT2D eigenvalue weighted by Crippen LogP contribution is 2.38. The molecule has 0 saturated carbocycles. The molecular formula is C58H107N2O7P. The molecule has 0 rings (SSSR count). The lowest BCUT2D eigenvalue weighted by atomic mass is 10.1. The number of hydrogen-bond acceptors (Lipinski definition) is 7. The van der Waals surface area contributed by atoms with Crippen LogP contribution in [0.3, 0.4) is 0 Å². The Kier molecular flexibility index (Phi) is 46.7. The molecule has 3 unspecified atom stereocenters. The van der Waals surface area contributed by atoms with Gasteiger partial charge in [-0.25, -0.2) is 0 Å². The van der Waals surface area contributed by atoms with E-state index in [4.69, 9.17) is 13.8 Å². The summed E-state index contributed by atoms with van der Waals surface area (Å²) in [5.41, 5.74) is 0. The van der Waals surface area contributed by atoms with Crippen molar-refractivity contribution < 1.29 is 37.3 Å². The van der Waals surface area contributed by atoms with Crippen LogP contribution in [0, 0.1) is 0 Å². The number of phosphoric acid groups is 1. The molecule has 0 saturated heterocycles. The van der Waals surface area contributed by atoms with Crippen LogP contribution in [0.4, 0.5) is 0 Å². The average molecular weight is 975 g/mol. The average Bonchev–Trinajstić information content (AvgIpc) is 3.29. The van der Waals surface area contributed by atoms with E-state index in [-0.39, 0.29) is 24.9 Å². The predicted molar refractivity (Wildman–Crippen MR) is 289 cm³/mol. The zero-order valence-electron chi connectivity index (χ0n) is 45.1. The molecule has 10 heteroatoms. The third-order valence-electron chi connectivity index (χ3n) is 12.2. The van der Waals surface area contributed by atoms with E-state index in [1.807, 2.05) is 33.3 Å². The van der Waals surface area contributed by atoms with Crippen molar-refractivity contribution in [3.05, 3.63) is 60.8 Å². The SMILES string of the molecule is CC/C=C/C/C=C/CCCCCCCCCC(=O)OC(/C=C/CCCCCCCCCCC)C(COP(=O)([O-])OCC[N+](C)(C)C)NC(=O)CCCCCCCCC/C=C\C/C=C\CCCCC. The van der Waals surface area contributed by atoms with Gasteiger partial charge in [0, 0.05) is 12.8 Å². The lowest BCUT2D eigenvalue weighted by Crippen LogP contribution is -2.47. The number of carbonyl (C=O) groups excluding carboxylic acids is 2. The van der Waals surface area contributed by atoms with Gasteiger partial charge >= 0.3 is 5.97 Å². The molecule has 0 bridgehead atoms. The van der Waals surface area contributed by atoms with Gasteiger partial charge in [-0.15, -0.1) is 0 Å². The molecule has 0 fully saturated rings. The summed E-state index contributed by atoms with van der Waals surface area (Å²) < 4.78 is 30.2. The molecule has 0 heterocycles. The van der Waals surface area contributed by atoms with Crippen LogP contribution in [0.1, 0.15) is 245 Å². The monoisotopic (exact) mass is 975 g/mol. The molecule has 0 aliphatic heterocycles. The molecule has 0 aromatic rings. The number of amides is 1. The minimum Gasteiger partial charge on any atom is -0.756 e. The van der Waals surface area contributed by atoms with E-state index in [0.29, 0.717) is 17.4 Å². The zero-order chi connectivity index (χ0) is 50.1. The summed E-state index contributed by atoms with van der Waals surface area (Å²) in [7, 11) is 1.17.